The first-order valence-corrected chi connectivity index (χ1v) is 5.96. The predicted octanol–water partition coefficient (Wildman–Crippen LogP) is 1.56. The highest BCUT2D eigenvalue weighted by atomic mass is 16.5. The maximum Gasteiger partial charge on any atom is 0.407 e. The lowest BCUT2D eigenvalue weighted by atomic mass is 10.3. The van der Waals surface area contributed by atoms with Crippen LogP contribution in [0.15, 0.2) is 12.7 Å². The molecule has 0 radical (unpaired) electrons. The summed E-state index contributed by atoms with van der Waals surface area (Å²) in [6.07, 6.45) is 3.22. The van der Waals surface area contributed by atoms with Crippen LogP contribution in [0, 0.1) is 0 Å². The predicted molar refractivity (Wildman–Crippen MR) is 66.4 cm³/mol. The first-order valence-electron chi connectivity index (χ1n) is 5.96. The summed E-state index contributed by atoms with van der Waals surface area (Å²) < 4.78 is 9.91. The lowest BCUT2D eigenvalue weighted by Gasteiger charge is -2.14. The summed E-state index contributed by atoms with van der Waals surface area (Å²) in [7, 11) is 0. The number of hydrogen-bond acceptors (Lipinski definition) is 4. The molecule has 0 aliphatic heterocycles. The topological polar surface area (TPSA) is 84.9 Å². The molecule has 0 heterocycles. The number of nitrogens with one attached hydrogen (secondary N) is 1. The third-order valence-corrected chi connectivity index (χ3v) is 2.07. The van der Waals surface area contributed by atoms with Crippen molar-refractivity contribution in [3.05, 3.63) is 12.7 Å². The number of unbranched alkanes of at least 4 members (excludes halogenated alkanes) is 1. The van der Waals surface area contributed by atoms with Crippen LogP contribution in [0.3, 0.4) is 0 Å². The Morgan fingerprint density at radius 3 is 2.72 bits per heavy atom. The van der Waals surface area contributed by atoms with Gasteiger partial charge in [0.15, 0.2) is 6.04 Å². The van der Waals surface area contributed by atoms with Crippen LogP contribution in [0.4, 0.5) is 4.79 Å². The number of ether oxygens (including phenoxy) is 2. The molecule has 104 valence electrons. The van der Waals surface area contributed by atoms with E-state index in [2.05, 4.69) is 11.9 Å². The number of alkyl carbamates (subject to hydrolysis) is 1. The number of carboxylic acid groups (broad SMARTS) is 1. The summed E-state index contributed by atoms with van der Waals surface area (Å²) in [5, 5.41) is 11.1. The van der Waals surface area contributed by atoms with Crippen molar-refractivity contribution in [3.63, 3.8) is 0 Å². The number of rotatable bonds is 10. The molecule has 0 aromatic rings. The third-order valence-electron chi connectivity index (χ3n) is 2.07. The maximum absolute atomic E-state index is 11.3. The standard InChI is InChI=1S/C12H21NO5/c1-3-5-7-17-9-10(11(14)15)13-12(16)18-8-6-4-2/h3,10H,1,4-9H2,2H3,(H,13,16)(H,14,15)/t10-/m1/s1. The van der Waals surface area contributed by atoms with Gasteiger partial charge < -0.3 is 19.9 Å². The second-order valence-corrected chi connectivity index (χ2v) is 3.68. The molecule has 0 saturated heterocycles. The number of amides is 1. The number of carbonyl (C=O) groups is 2. The monoisotopic (exact) mass is 259 g/mol. The van der Waals surface area contributed by atoms with E-state index in [1.54, 1.807) is 6.08 Å². The highest BCUT2D eigenvalue weighted by Gasteiger charge is 2.20. The molecule has 2 N–H and O–H groups in total. The quantitative estimate of drug-likeness (QED) is 0.459. The minimum absolute atomic E-state index is 0.0912. The first-order chi connectivity index (χ1) is 8.61. The normalized spacial score (nSPS) is 11.6. The van der Waals surface area contributed by atoms with E-state index in [-0.39, 0.29) is 13.2 Å². The number of carboxylic acids is 1. The molecular weight excluding hydrogens is 238 g/mol. The first kappa shape index (κ1) is 16.4. The van der Waals surface area contributed by atoms with Crippen LogP contribution in [0.25, 0.3) is 0 Å². The van der Waals surface area contributed by atoms with Gasteiger partial charge in [0.2, 0.25) is 0 Å². The molecule has 0 aromatic heterocycles. The Balaban J connectivity index is 3.91. The molecule has 0 aliphatic rings. The van der Waals surface area contributed by atoms with Gasteiger partial charge in [-0.2, -0.15) is 0 Å². The lowest BCUT2D eigenvalue weighted by molar-refractivity contribution is -0.141. The molecule has 0 spiro atoms. The van der Waals surface area contributed by atoms with E-state index in [9.17, 15) is 9.59 Å². The van der Waals surface area contributed by atoms with Crippen molar-refractivity contribution in [2.75, 3.05) is 19.8 Å². The second-order valence-electron chi connectivity index (χ2n) is 3.68. The average Bonchev–Trinajstić information content (AvgIpc) is 2.33. The lowest BCUT2D eigenvalue weighted by Crippen LogP contribution is -2.44. The largest absolute Gasteiger partial charge is 0.480 e. The minimum atomic E-state index is -1.15. The van der Waals surface area contributed by atoms with E-state index in [1.807, 2.05) is 6.92 Å². The van der Waals surface area contributed by atoms with Crippen LogP contribution < -0.4 is 5.32 Å². The Morgan fingerprint density at radius 2 is 2.17 bits per heavy atom. The summed E-state index contributed by atoms with van der Waals surface area (Å²) in [6, 6.07) is -1.09. The molecule has 0 saturated carbocycles. The van der Waals surface area contributed by atoms with Crippen LogP contribution in [0.5, 0.6) is 0 Å². The Labute approximate surface area is 107 Å². The number of aliphatic carboxylic acids is 1. The van der Waals surface area contributed by atoms with Crippen molar-refractivity contribution in [2.45, 2.75) is 32.2 Å². The van der Waals surface area contributed by atoms with Crippen LogP contribution in [0.1, 0.15) is 26.2 Å². The highest BCUT2D eigenvalue weighted by Crippen LogP contribution is 1.93. The number of hydrogen-bond donors (Lipinski definition) is 2. The van der Waals surface area contributed by atoms with Crippen LogP contribution in [-0.4, -0.2) is 43.0 Å². The van der Waals surface area contributed by atoms with Crippen LogP contribution >= 0.6 is 0 Å². The Bertz CT molecular complexity index is 267. The summed E-state index contributed by atoms with van der Waals surface area (Å²) in [5.74, 6) is -1.15. The molecule has 0 aliphatic carbocycles. The molecule has 6 nitrogen and oxygen atoms in total. The molecular formula is C12H21NO5. The summed E-state index contributed by atoms with van der Waals surface area (Å²) in [4.78, 5) is 22.1. The summed E-state index contributed by atoms with van der Waals surface area (Å²) in [6.45, 7) is 6.05. The van der Waals surface area contributed by atoms with Gasteiger partial charge in [-0.1, -0.05) is 19.4 Å². The van der Waals surface area contributed by atoms with Gasteiger partial charge in [-0.3, -0.25) is 0 Å². The van der Waals surface area contributed by atoms with Crippen LogP contribution in [-0.2, 0) is 14.3 Å². The highest BCUT2D eigenvalue weighted by molar-refractivity contribution is 5.79. The van der Waals surface area contributed by atoms with Gasteiger partial charge in [0.25, 0.3) is 0 Å². The molecule has 6 heteroatoms. The van der Waals surface area contributed by atoms with Gasteiger partial charge >= 0.3 is 12.1 Å². The van der Waals surface area contributed by atoms with E-state index < -0.39 is 18.1 Å². The zero-order valence-corrected chi connectivity index (χ0v) is 10.7. The van der Waals surface area contributed by atoms with Gasteiger partial charge in [-0.25, -0.2) is 9.59 Å². The summed E-state index contributed by atoms with van der Waals surface area (Å²) >= 11 is 0. The van der Waals surface area contributed by atoms with Crippen molar-refractivity contribution < 1.29 is 24.2 Å². The van der Waals surface area contributed by atoms with Gasteiger partial charge in [0.05, 0.1) is 19.8 Å². The fourth-order valence-corrected chi connectivity index (χ4v) is 1.04. The van der Waals surface area contributed by atoms with E-state index in [4.69, 9.17) is 14.6 Å². The second kappa shape index (κ2) is 10.6. The Morgan fingerprint density at radius 1 is 1.44 bits per heavy atom. The van der Waals surface area contributed by atoms with Gasteiger partial charge in [0.1, 0.15) is 0 Å². The average molecular weight is 259 g/mol. The van der Waals surface area contributed by atoms with E-state index >= 15 is 0 Å². The van der Waals surface area contributed by atoms with Crippen molar-refractivity contribution in [3.8, 4) is 0 Å². The molecule has 1 amide bonds. The fraction of sp³-hybridized carbons (Fsp3) is 0.667. The third kappa shape index (κ3) is 8.58. The molecule has 0 aromatic carbocycles. The fourth-order valence-electron chi connectivity index (χ4n) is 1.04. The zero-order valence-electron chi connectivity index (χ0n) is 10.7. The smallest absolute Gasteiger partial charge is 0.407 e. The molecule has 0 bridgehead atoms. The zero-order chi connectivity index (χ0) is 13.8. The van der Waals surface area contributed by atoms with Gasteiger partial charge in [-0.15, -0.1) is 6.58 Å². The minimum Gasteiger partial charge on any atom is -0.480 e. The Kier molecular flexibility index (Phi) is 9.67. The van der Waals surface area contributed by atoms with E-state index in [1.165, 1.54) is 0 Å². The van der Waals surface area contributed by atoms with Crippen molar-refractivity contribution in [1.29, 1.82) is 0 Å². The Hall–Kier alpha value is -1.56. The van der Waals surface area contributed by atoms with Crippen molar-refractivity contribution in [2.24, 2.45) is 0 Å². The number of carbonyl (C=O) groups excluding carboxylic acids is 1. The van der Waals surface area contributed by atoms with Crippen molar-refractivity contribution in [1.82, 2.24) is 5.32 Å². The molecule has 0 fully saturated rings. The van der Waals surface area contributed by atoms with Gasteiger partial charge in [0, 0.05) is 0 Å². The molecule has 1 atom stereocenters. The molecule has 18 heavy (non-hydrogen) atoms. The summed E-state index contributed by atoms with van der Waals surface area (Å²) in [5.41, 5.74) is 0. The van der Waals surface area contributed by atoms with E-state index in [0.29, 0.717) is 13.0 Å². The van der Waals surface area contributed by atoms with Crippen LogP contribution in [0.2, 0.25) is 0 Å². The van der Waals surface area contributed by atoms with Gasteiger partial charge in [-0.05, 0) is 12.8 Å². The van der Waals surface area contributed by atoms with E-state index in [0.717, 1.165) is 12.8 Å². The maximum atomic E-state index is 11.3. The molecule has 0 rings (SSSR count). The molecule has 0 unspecified atom stereocenters. The SMILES string of the molecule is C=CCCOC[C@@H](NC(=O)OCCCC)C(=O)O. The van der Waals surface area contributed by atoms with Crippen molar-refractivity contribution >= 4 is 12.1 Å².